The SMILES string of the molecule is CCN(C)c1nc(B2OC(C)(C)C(C)(C)O2)ccc1C. The molecule has 4 nitrogen and oxygen atoms in total. The van der Waals surface area contributed by atoms with E-state index in [2.05, 4.69) is 52.5 Å². The van der Waals surface area contributed by atoms with E-state index < -0.39 is 7.12 Å². The fraction of sp³-hybridized carbons (Fsp3) is 0.667. The third-order valence-corrected chi connectivity index (χ3v) is 4.42. The molecule has 0 atom stereocenters. The molecule has 0 N–H and O–H groups in total. The second kappa shape index (κ2) is 5.04. The normalized spacial score (nSPS) is 20.2. The Hall–Kier alpha value is -1.07. The van der Waals surface area contributed by atoms with Crippen LogP contribution in [0.3, 0.4) is 0 Å². The lowest BCUT2D eigenvalue weighted by Gasteiger charge is -2.32. The van der Waals surface area contributed by atoms with Crippen LogP contribution in [0.2, 0.25) is 0 Å². The van der Waals surface area contributed by atoms with Crippen molar-refractivity contribution in [2.45, 2.75) is 52.7 Å². The molecule has 0 aromatic carbocycles. The summed E-state index contributed by atoms with van der Waals surface area (Å²) in [6.07, 6.45) is 0. The zero-order valence-corrected chi connectivity index (χ0v) is 13.7. The number of hydrogen-bond donors (Lipinski definition) is 0. The van der Waals surface area contributed by atoms with Crippen LogP contribution in [0, 0.1) is 6.92 Å². The zero-order chi connectivity index (χ0) is 15.1. The summed E-state index contributed by atoms with van der Waals surface area (Å²) >= 11 is 0. The van der Waals surface area contributed by atoms with E-state index in [1.54, 1.807) is 0 Å². The van der Waals surface area contributed by atoms with Gasteiger partial charge in [0.25, 0.3) is 0 Å². The Balaban J connectivity index is 2.32. The second-order valence-corrected chi connectivity index (χ2v) is 6.48. The first-order valence-corrected chi connectivity index (χ1v) is 7.22. The first-order chi connectivity index (χ1) is 9.18. The van der Waals surface area contributed by atoms with Gasteiger partial charge in [-0.1, -0.05) is 6.07 Å². The molecule has 0 bridgehead atoms. The van der Waals surface area contributed by atoms with Crippen molar-refractivity contribution in [1.82, 2.24) is 4.98 Å². The van der Waals surface area contributed by atoms with Crippen molar-refractivity contribution < 1.29 is 9.31 Å². The average molecular weight is 276 g/mol. The number of rotatable bonds is 3. The minimum Gasteiger partial charge on any atom is -0.398 e. The van der Waals surface area contributed by atoms with Crippen LogP contribution < -0.4 is 10.5 Å². The van der Waals surface area contributed by atoms with Gasteiger partial charge in [0.05, 0.1) is 16.8 Å². The maximum atomic E-state index is 6.06. The molecule has 1 aliphatic rings. The van der Waals surface area contributed by atoms with Crippen molar-refractivity contribution in [2.75, 3.05) is 18.5 Å². The average Bonchev–Trinajstić information content (AvgIpc) is 2.58. The Bertz CT molecular complexity index is 487. The van der Waals surface area contributed by atoms with Crippen molar-refractivity contribution >= 4 is 18.5 Å². The highest BCUT2D eigenvalue weighted by atomic mass is 16.7. The lowest BCUT2D eigenvalue weighted by molar-refractivity contribution is 0.00578. The van der Waals surface area contributed by atoms with E-state index in [1.165, 1.54) is 0 Å². The van der Waals surface area contributed by atoms with E-state index in [1.807, 2.05) is 13.1 Å². The number of aryl methyl sites for hydroxylation is 1. The molecule has 0 spiro atoms. The summed E-state index contributed by atoms with van der Waals surface area (Å²) in [5, 5.41) is 0. The lowest BCUT2D eigenvalue weighted by Crippen LogP contribution is -2.41. The van der Waals surface area contributed by atoms with Crippen molar-refractivity contribution in [3.05, 3.63) is 17.7 Å². The molecule has 2 heterocycles. The largest absolute Gasteiger partial charge is 0.514 e. The summed E-state index contributed by atoms with van der Waals surface area (Å²) in [4.78, 5) is 6.86. The van der Waals surface area contributed by atoms with Crippen molar-refractivity contribution in [1.29, 1.82) is 0 Å². The molecule has 1 aliphatic heterocycles. The summed E-state index contributed by atoms with van der Waals surface area (Å²) in [6.45, 7) is 13.3. The molecule has 0 unspecified atom stereocenters. The van der Waals surface area contributed by atoms with E-state index in [0.717, 1.165) is 23.5 Å². The molecule has 1 saturated heterocycles. The molecular weight excluding hydrogens is 251 g/mol. The second-order valence-electron chi connectivity index (χ2n) is 6.48. The van der Waals surface area contributed by atoms with Crippen LogP contribution in [0.1, 0.15) is 40.2 Å². The third kappa shape index (κ3) is 2.57. The lowest BCUT2D eigenvalue weighted by atomic mass is 9.84. The Morgan fingerprint density at radius 2 is 1.70 bits per heavy atom. The van der Waals surface area contributed by atoms with Gasteiger partial charge in [0, 0.05) is 13.6 Å². The predicted molar refractivity (Wildman–Crippen MR) is 83.6 cm³/mol. The number of aromatic nitrogens is 1. The van der Waals surface area contributed by atoms with Gasteiger partial charge in [-0.05, 0) is 53.2 Å². The minimum atomic E-state index is -0.399. The highest BCUT2D eigenvalue weighted by Crippen LogP contribution is 2.36. The van der Waals surface area contributed by atoms with Crippen LogP contribution in [0.5, 0.6) is 0 Å². The van der Waals surface area contributed by atoms with Crippen molar-refractivity contribution in [3.63, 3.8) is 0 Å². The topological polar surface area (TPSA) is 34.6 Å². The maximum Gasteiger partial charge on any atom is 0.514 e. The van der Waals surface area contributed by atoms with Crippen molar-refractivity contribution in [3.8, 4) is 0 Å². The summed E-state index contributed by atoms with van der Waals surface area (Å²) in [6, 6.07) is 4.07. The van der Waals surface area contributed by atoms with Gasteiger partial charge < -0.3 is 14.2 Å². The number of nitrogens with zero attached hydrogens (tertiary/aromatic N) is 2. The highest BCUT2D eigenvalue weighted by Gasteiger charge is 2.52. The van der Waals surface area contributed by atoms with Gasteiger partial charge >= 0.3 is 7.12 Å². The summed E-state index contributed by atoms with van der Waals surface area (Å²) in [7, 11) is 1.65. The molecule has 110 valence electrons. The first kappa shape index (κ1) is 15.3. The van der Waals surface area contributed by atoms with E-state index in [0.29, 0.717) is 0 Å². The molecule has 1 aromatic heterocycles. The van der Waals surface area contributed by atoms with Crippen LogP contribution in [0.4, 0.5) is 5.82 Å². The molecule has 2 rings (SSSR count). The van der Waals surface area contributed by atoms with Gasteiger partial charge in [0.2, 0.25) is 0 Å². The zero-order valence-electron chi connectivity index (χ0n) is 13.7. The summed E-state index contributed by atoms with van der Waals surface area (Å²) < 4.78 is 12.1. The van der Waals surface area contributed by atoms with Gasteiger partial charge in [0.15, 0.2) is 0 Å². The van der Waals surface area contributed by atoms with Crippen LogP contribution >= 0.6 is 0 Å². The number of pyridine rings is 1. The molecule has 0 aliphatic carbocycles. The summed E-state index contributed by atoms with van der Waals surface area (Å²) in [5.74, 6) is 0.986. The molecule has 5 heteroatoms. The quantitative estimate of drug-likeness (QED) is 0.792. The Labute approximate surface area is 122 Å². The van der Waals surface area contributed by atoms with Crippen LogP contribution in [-0.4, -0.2) is 36.9 Å². The van der Waals surface area contributed by atoms with Crippen LogP contribution in [0.25, 0.3) is 0 Å². The van der Waals surface area contributed by atoms with E-state index in [-0.39, 0.29) is 11.2 Å². The third-order valence-electron chi connectivity index (χ3n) is 4.42. The Morgan fingerprint density at radius 3 is 2.20 bits per heavy atom. The molecule has 0 radical (unpaired) electrons. The van der Waals surface area contributed by atoms with Crippen LogP contribution in [0.15, 0.2) is 12.1 Å². The smallest absolute Gasteiger partial charge is 0.398 e. The molecule has 20 heavy (non-hydrogen) atoms. The van der Waals surface area contributed by atoms with Gasteiger partial charge in [-0.3, -0.25) is 0 Å². The first-order valence-electron chi connectivity index (χ1n) is 7.22. The molecule has 0 amide bonds. The minimum absolute atomic E-state index is 0.332. The Morgan fingerprint density at radius 1 is 1.15 bits per heavy atom. The maximum absolute atomic E-state index is 6.06. The fourth-order valence-electron chi connectivity index (χ4n) is 2.16. The molecule has 1 aromatic rings. The van der Waals surface area contributed by atoms with Gasteiger partial charge in [-0.2, -0.15) is 0 Å². The predicted octanol–water partition coefficient (Wildman–Crippen LogP) is 2.15. The van der Waals surface area contributed by atoms with Gasteiger partial charge in [0.1, 0.15) is 5.82 Å². The fourth-order valence-corrected chi connectivity index (χ4v) is 2.16. The Kier molecular flexibility index (Phi) is 3.86. The highest BCUT2D eigenvalue weighted by molar-refractivity contribution is 6.61. The monoisotopic (exact) mass is 276 g/mol. The molecule has 1 fully saturated rings. The van der Waals surface area contributed by atoms with Crippen LogP contribution in [-0.2, 0) is 9.31 Å². The molecular formula is C15H25BN2O2. The standard InChI is InChI=1S/C15H25BN2O2/c1-8-18(7)13-11(2)9-10-12(17-13)16-19-14(3,4)15(5,6)20-16/h9-10H,8H2,1-7H3. The molecule has 0 saturated carbocycles. The van der Waals surface area contributed by atoms with E-state index >= 15 is 0 Å². The number of anilines is 1. The number of hydrogen-bond acceptors (Lipinski definition) is 4. The van der Waals surface area contributed by atoms with Crippen molar-refractivity contribution in [2.24, 2.45) is 0 Å². The van der Waals surface area contributed by atoms with E-state index in [9.17, 15) is 0 Å². The van der Waals surface area contributed by atoms with Gasteiger partial charge in [-0.25, -0.2) is 4.98 Å². The van der Waals surface area contributed by atoms with E-state index in [4.69, 9.17) is 14.3 Å². The summed E-state index contributed by atoms with van der Waals surface area (Å²) in [5.41, 5.74) is 1.33. The van der Waals surface area contributed by atoms with Gasteiger partial charge in [-0.15, -0.1) is 0 Å².